The van der Waals surface area contributed by atoms with Crippen LogP contribution in [-0.4, -0.2) is 33.5 Å². The van der Waals surface area contributed by atoms with Crippen LogP contribution in [0.2, 0.25) is 0 Å². The molecule has 0 aliphatic heterocycles. The normalized spacial score (nSPS) is 23.4. The predicted octanol–water partition coefficient (Wildman–Crippen LogP) is 4.80. The summed E-state index contributed by atoms with van der Waals surface area (Å²) in [7, 11) is 0. The molecule has 11 heteroatoms. The Bertz CT molecular complexity index is 795. The third-order valence-corrected chi connectivity index (χ3v) is 6.26. The largest absolute Gasteiger partial charge is 0.407 e. The van der Waals surface area contributed by atoms with Crippen LogP contribution in [0.1, 0.15) is 44.2 Å². The van der Waals surface area contributed by atoms with Crippen LogP contribution in [0.5, 0.6) is 0 Å². The average Bonchev–Trinajstić information content (AvgIpc) is 3.27. The Balaban J connectivity index is 2.32. The molecular formula is C19H20F6IN3O. The van der Waals surface area contributed by atoms with E-state index in [2.05, 4.69) is 5.32 Å². The van der Waals surface area contributed by atoms with Gasteiger partial charge in [0, 0.05) is 19.3 Å². The van der Waals surface area contributed by atoms with Crippen molar-refractivity contribution < 1.29 is 31.1 Å². The fourth-order valence-corrected chi connectivity index (χ4v) is 4.02. The second kappa shape index (κ2) is 9.30. The summed E-state index contributed by atoms with van der Waals surface area (Å²) < 4.78 is 82.3. The summed E-state index contributed by atoms with van der Waals surface area (Å²) in [5, 5.41) is 13.5. The highest BCUT2D eigenvalue weighted by molar-refractivity contribution is 14.1. The summed E-state index contributed by atoms with van der Waals surface area (Å²) in [5.74, 6) is -5.26. The molecule has 1 aliphatic carbocycles. The van der Waals surface area contributed by atoms with E-state index in [1.54, 1.807) is 0 Å². The van der Waals surface area contributed by atoms with Gasteiger partial charge in [0.05, 0.1) is 16.0 Å². The van der Waals surface area contributed by atoms with Crippen LogP contribution in [0.25, 0.3) is 0 Å². The van der Waals surface area contributed by atoms with E-state index in [1.165, 1.54) is 6.92 Å². The SMILES string of the molecule is CCCC(F)(F)CC(N[C@@H](c1ccc(F)cc1)C(F)(F)F)C(=O)NC1(C#N)CC1I. The second-order valence-electron chi connectivity index (χ2n) is 7.30. The van der Waals surface area contributed by atoms with Crippen molar-refractivity contribution in [2.75, 3.05) is 0 Å². The molecule has 1 fully saturated rings. The highest BCUT2D eigenvalue weighted by Gasteiger charge is 2.56. The lowest BCUT2D eigenvalue weighted by Gasteiger charge is -2.30. The number of benzene rings is 1. The van der Waals surface area contributed by atoms with E-state index >= 15 is 0 Å². The van der Waals surface area contributed by atoms with E-state index in [1.807, 2.05) is 34.0 Å². The van der Waals surface area contributed by atoms with Crippen molar-refractivity contribution in [2.45, 2.75) is 66.3 Å². The summed E-state index contributed by atoms with van der Waals surface area (Å²) in [6, 6.07) is 0.856. The van der Waals surface area contributed by atoms with Crippen LogP contribution in [0.3, 0.4) is 0 Å². The zero-order valence-corrected chi connectivity index (χ0v) is 18.0. The highest BCUT2D eigenvalue weighted by atomic mass is 127. The summed E-state index contributed by atoms with van der Waals surface area (Å²) in [6.07, 6.45) is -6.37. The van der Waals surface area contributed by atoms with Crippen LogP contribution in [0, 0.1) is 17.1 Å². The van der Waals surface area contributed by atoms with Gasteiger partial charge in [-0.05, 0) is 17.7 Å². The molecule has 1 amide bonds. The van der Waals surface area contributed by atoms with Gasteiger partial charge in [-0.15, -0.1) is 0 Å². The number of rotatable bonds is 9. The fourth-order valence-electron chi connectivity index (χ4n) is 3.03. The number of nitrogens with zero attached hydrogens (tertiary/aromatic N) is 1. The number of nitriles is 1. The van der Waals surface area contributed by atoms with Gasteiger partial charge in [-0.1, -0.05) is 48.1 Å². The zero-order chi connectivity index (χ0) is 22.7. The molecule has 0 radical (unpaired) electrons. The molecule has 1 aliphatic rings. The number of carbonyl (C=O) groups is 1. The molecule has 2 rings (SSSR count). The summed E-state index contributed by atoms with van der Waals surface area (Å²) in [6.45, 7) is 1.49. The minimum Gasteiger partial charge on any atom is -0.336 e. The van der Waals surface area contributed by atoms with Gasteiger partial charge in [0.1, 0.15) is 17.4 Å². The van der Waals surface area contributed by atoms with Gasteiger partial charge in [0.15, 0.2) is 0 Å². The van der Waals surface area contributed by atoms with E-state index < -0.39 is 59.9 Å². The number of hydrogen-bond acceptors (Lipinski definition) is 3. The standard InChI is InChI=1S/C19H20F6IN3O/c1-2-7-18(21,22)8-13(16(30)29-17(10-27)9-14(17)26)28-15(19(23,24)25)11-3-5-12(20)6-4-11/h3-6,13-15,28H,2,7-9H2,1H3,(H,29,30)/t13?,14?,15-,17?/m0/s1. The van der Waals surface area contributed by atoms with Gasteiger partial charge in [-0.2, -0.15) is 18.4 Å². The first-order valence-corrected chi connectivity index (χ1v) is 10.4. The average molecular weight is 547 g/mol. The molecule has 2 N–H and O–H groups in total. The van der Waals surface area contributed by atoms with Crippen LogP contribution in [0.15, 0.2) is 24.3 Å². The Morgan fingerprint density at radius 2 is 1.87 bits per heavy atom. The van der Waals surface area contributed by atoms with Gasteiger partial charge < -0.3 is 5.32 Å². The molecule has 1 saturated carbocycles. The van der Waals surface area contributed by atoms with Crippen molar-refractivity contribution in [3.63, 3.8) is 0 Å². The lowest BCUT2D eigenvalue weighted by molar-refractivity contribution is -0.163. The van der Waals surface area contributed by atoms with Gasteiger partial charge in [0.25, 0.3) is 0 Å². The van der Waals surface area contributed by atoms with E-state index in [0.717, 1.165) is 24.3 Å². The van der Waals surface area contributed by atoms with Crippen LogP contribution >= 0.6 is 22.6 Å². The lowest BCUT2D eigenvalue weighted by Crippen LogP contribution is -2.54. The molecule has 0 bridgehead atoms. The minimum absolute atomic E-state index is 0.0694. The Morgan fingerprint density at radius 3 is 2.30 bits per heavy atom. The smallest absolute Gasteiger partial charge is 0.336 e. The molecule has 166 valence electrons. The summed E-state index contributed by atoms with van der Waals surface area (Å²) in [4.78, 5) is 12.6. The zero-order valence-electron chi connectivity index (χ0n) is 15.9. The van der Waals surface area contributed by atoms with Crippen molar-refractivity contribution in [1.82, 2.24) is 10.6 Å². The Labute approximate surface area is 183 Å². The van der Waals surface area contributed by atoms with Crippen molar-refractivity contribution in [3.8, 4) is 6.07 Å². The first-order chi connectivity index (χ1) is 13.8. The quantitative estimate of drug-likeness (QED) is 0.266. The molecule has 1 aromatic carbocycles. The molecule has 30 heavy (non-hydrogen) atoms. The van der Waals surface area contributed by atoms with E-state index in [9.17, 15) is 36.4 Å². The van der Waals surface area contributed by atoms with Crippen molar-refractivity contribution in [3.05, 3.63) is 35.6 Å². The maximum absolute atomic E-state index is 14.2. The number of alkyl halides is 6. The Hall–Kier alpha value is -1.55. The molecule has 0 heterocycles. The molecule has 4 atom stereocenters. The highest BCUT2D eigenvalue weighted by Crippen LogP contribution is 2.43. The second-order valence-corrected chi connectivity index (χ2v) is 8.80. The molecule has 0 spiro atoms. The Morgan fingerprint density at radius 1 is 1.30 bits per heavy atom. The predicted molar refractivity (Wildman–Crippen MR) is 106 cm³/mol. The van der Waals surface area contributed by atoms with Crippen molar-refractivity contribution >= 4 is 28.5 Å². The monoisotopic (exact) mass is 547 g/mol. The summed E-state index contributed by atoms with van der Waals surface area (Å²) >= 11 is 1.90. The first kappa shape index (κ1) is 24.7. The van der Waals surface area contributed by atoms with Crippen LogP contribution < -0.4 is 10.6 Å². The van der Waals surface area contributed by atoms with Crippen molar-refractivity contribution in [1.29, 1.82) is 5.26 Å². The molecule has 1 aromatic rings. The van der Waals surface area contributed by atoms with E-state index in [-0.39, 0.29) is 16.8 Å². The third-order valence-electron chi connectivity index (χ3n) is 4.76. The van der Waals surface area contributed by atoms with Gasteiger partial charge >= 0.3 is 6.18 Å². The topological polar surface area (TPSA) is 64.9 Å². The van der Waals surface area contributed by atoms with Crippen molar-refractivity contribution in [2.24, 2.45) is 0 Å². The molecule has 4 nitrogen and oxygen atoms in total. The molecule has 3 unspecified atom stereocenters. The number of hydrogen-bond donors (Lipinski definition) is 2. The maximum Gasteiger partial charge on any atom is 0.407 e. The fraction of sp³-hybridized carbons (Fsp3) is 0.579. The molecule has 0 saturated heterocycles. The number of halogens is 7. The number of carbonyl (C=O) groups excluding carboxylic acids is 1. The van der Waals surface area contributed by atoms with Gasteiger partial charge in [0.2, 0.25) is 11.8 Å². The molecule has 0 aromatic heterocycles. The summed E-state index contributed by atoms with van der Waals surface area (Å²) in [5.41, 5.74) is -1.70. The maximum atomic E-state index is 14.2. The molecular weight excluding hydrogens is 527 g/mol. The van der Waals surface area contributed by atoms with Gasteiger partial charge in [-0.3, -0.25) is 10.1 Å². The Kier molecular flexibility index (Phi) is 7.66. The van der Waals surface area contributed by atoms with E-state index in [4.69, 9.17) is 0 Å². The number of nitrogens with one attached hydrogen (secondary N) is 2. The van der Waals surface area contributed by atoms with Crippen LogP contribution in [-0.2, 0) is 4.79 Å². The third kappa shape index (κ3) is 6.23. The lowest BCUT2D eigenvalue weighted by atomic mass is 9.99. The van der Waals surface area contributed by atoms with E-state index in [0.29, 0.717) is 0 Å². The first-order valence-electron chi connectivity index (χ1n) is 9.17. The number of amides is 1. The van der Waals surface area contributed by atoms with Gasteiger partial charge in [-0.25, -0.2) is 13.2 Å². The van der Waals surface area contributed by atoms with Crippen LogP contribution in [0.4, 0.5) is 26.3 Å². The minimum atomic E-state index is -4.94.